The molecule has 1 aromatic heterocycles. The van der Waals surface area contributed by atoms with Crippen molar-refractivity contribution in [2.45, 2.75) is 13.5 Å². The predicted octanol–water partition coefficient (Wildman–Crippen LogP) is 3.69. The van der Waals surface area contributed by atoms with E-state index in [1.165, 1.54) is 12.3 Å². The van der Waals surface area contributed by atoms with E-state index in [4.69, 9.17) is 16.4 Å². The smallest absolute Gasteiger partial charge is 0.295 e. The van der Waals surface area contributed by atoms with E-state index in [0.717, 1.165) is 15.9 Å². The number of hydrogen-bond donors (Lipinski definition) is 1. The van der Waals surface area contributed by atoms with Crippen molar-refractivity contribution in [2.24, 2.45) is 0 Å². The second kappa shape index (κ2) is 7.89. The highest BCUT2D eigenvalue weighted by Gasteiger charge is 2.13. The van der Waals surface area contributed by atoms with Gasteiger partial charge in [-0.2, -0.15) is 4.73 Å². The molecule has 0 aliphatic rings. The van der Waals surface area contributed by atoms with Crippen LogP contribution in [0.4, 0.5) is 5.69 Å². The molecule has 0 atom stereocenters. The number of hydrogen-bond acceptors (Lipinski definition) is 3. The molecule has 2 aromatic carbocycles. The third kappa shape index (κ3) is 4.32. The highest BCUT2D eigenvalue weighted by Crippen LogP contribution is 2.14. The quantitative estimate of drug-likeness (QED) is 0.747. The summed E-state index contributed by atoms with van der Waals surface area (Å²) in [6.45, 7) is 2.21. The number of aryl methyl sites for hydroxylation is 1. The Balaban J connectivity index is 1.75. The number of aromatic nitrogens is 1. The molecular weight excluding hydrogens is 352 g/mol. The number of nitrogens with one attached hydrogen (secondary N) is 1. The SMILES string of the molecule is Cc1cccc(COn2cccc(C(=O)Nc3ccc(Cl)cc3)c2=O)c1. The summed E-state index contributed by atoms with van der Waals surface area (Å²) in [5.74, 6) is -0.508. The zero-order chi connectivity index (χ0) is 18.5. The monoisotopic (exact) mass is 368 g/mol. The average Bonchev–Trinajstić information content (AvgIpc) is 2.63. The zero-order valence-electron chi connectivity index (χ0n) is 14.1. The van der Waals surface area contributed by atoms with Crippen molar-refractivity contribution in [3.63, 3.8) is 0 Å². The summed E-state index contributed by atoms with van der Waals surface area (Å²) in [4.78, 5) is 30.4. The van der Waals surface area contributed by atoms with Gasteiger partial charge in [-0.1, -0.05) is 41.4 Å². The molecule has 0 fully saturated rings. The minimum atomic E-state index is -0.522. The van der Waals surface area contributed by atoms with Crippen LogP contribution < -0.4 is 15.7 Å². The van der Waals surface area contributed by atoms with E-state index in [9.17, 15) is 9.59 Å². The van der Waals surface area contributed by atoms with E-state index in [1.807, 2.05) is 31.2 Å². The van der Waals surface area contributed by atoms with Crippen molar-refractivity contribution < 1.29 is 9.63 Å². The number of amides is 1. The van der Waals surface area contributed by atoms with Gasteiger partial charge in [-0.05, 0) is 48.9 Å². The lowest BCUT2D eigenvalue weighted by molar-refractivity contribution is 0.0863. The standard InChI is InChI=1S/C20H17ClN2O3/c1-14-4-2-5-15(12-14)13-26-23-11-3-6-18(20(23)25)19(24)22-17-9-7-16(21)8-10-17/h2-12H,13H2,1H3,(H,22,24). The molecular formula is C20H17ClN2O3. The third-order valence-electron chi connectivity index (χ3n) is 3.71. The van der Waals surface area contributed by atoms with Crippen molar-refractivity contribution in [3.8, 4) is 0 Å². The Kier molecular flexibility index (Phi) is 5.39. The molecule has 26 heavy (non-hydrogen) atoms. The third-order valence-corrected chi connectivity index (χ3v) is 3.97. The van der Waals surface area contributed by atoms with Crippen LogP contribution in [0.15, 0.2) is 71.7 Å². The van der Waals surface area contributed by atoms with E-state index in [0.29, 0.717) is 10.7 Å². The molecule has 0 unspecified atom stereocenters. The molecule has 1 amide bonds. The first-order chi connectivity index (χ1) is 12.5. The van der Waals surface area contributed by atoms with Gasteiger partial charge in [0.2, 0.25) is 0 Å². The highest BCUT2D eigenvalue weighted by atomic mass is 35.5. The number of carbonyl (C=O) groups excluding carboxylic acids is 1. The number of anilines is 1. The first kappa shape index (κ1) is 17.8. The van der Waals surface area contributed by atoms with Crippen LogP contribution in [0, 0.1) is 6.92 Å². The van der Waals surface area contributed by atoms with E-state index >= 15 is 0 Å². The Morgan fingerprint density at radius 2 is 1.88 bits per heavy atom. The van der Waals surface area contributed by atoms with Crippen LogP contribution in [0.25, 0.3) is 0 Å². The molecule has 0 aliphatic carbocycles. The van der Waals surface area contributed by atoms with Crippen LogP contribution >= 0.6 is 11.6 Å². The van der Waals surface area contributed by atoms with Gasteiger partial charge in [0.1, 0.15) is 12.2 Å². The minimum absolute atomic E-state index is 0.00769. The summed E-state index contributed by atoms with van der Waals surface area (Å²) in [5, 5.41) is 3.23. The second-order valence-electron chi connectivity index (χ2n) is 5.78. The fourth-order valence-corrected chi connectivity index (χ4v) is 2.55. The molecule has 3 aromatic rings. The van der Waals surface area contributed by atoms with E-state index in [2.05, 4.69) is 5.32 Å². The predicted molar refractivity (Wildman–Crippen MR) is 102 cm³/mol. The summed E-state index contributed by atoms with van der Waals surface area (Å²) in [7, 11) is 0. The molecule has 3 rings (SSSR count). The van der Waals surface area contributed by atoms with E-state index in [-0.39, 0.29) is 12.2 Å². The fraction of sp³-hybridized carbons (Fsp3) is 0.100. The zero-order valence-corrected chi connectivity index (χ0v) is 14.9. The number of carbonyl (C=O) groups is 1. The van der Waals surface area contributed by atoms with Gasteiger partial charge in [-0.3, -0.25) is 9.59 Å². The minimum Gasteiger partial charge on any atom is -0.406 e. The molecule has 0 saturated heterocycles. The number of nitrogens with zero attached hydrogens (tertiary/aromatic N) is 1. The second-order valence-corrected chi connectivity index (χ2v) is 6.21. The van der Waals surface area contributed by atoms with Crippen LogP contribution in [0.3, 0.4) is 0 Å². The number of pyridine rings is 1. The number of halogens is 1. The molecule has 132 valence electrons. The molecule has 1 N–H and O–H groups in total. The van der Waals surface area contributed by atoms with Crippen molar-refractivity contribution in [3.05, 3.63) is 98.9 Å². The van der Waals surface area contributed by atoms with Gasteiger partial charge in [-0.25, -0.2) is 0 Å². The topological polar surface area (TPSA) is 60.3 Å². The van der Waals surface area contributed by atoms with E-state index in [1.54, 1.807) is 30.3 Å². The Bertz CT molecular complexity index is 981. The van der Waals surface area contributed by atoms with Crippen molar-refractivity contribution in [1.82, 2.24) is 4.73 Å². The molecule has 0 spiro atoms. The first-order valence-corrected chi connectivity index (χ1v) is 8.38. The van der Waals surface area contributed by atoms with Gasteiger partial charge in [0.05, 0.1) is 0 Å². The summed E-state index contributed by atoms with van der Waals surface area (Å²) in [6.07, 6.45) is 1.48. The maximum atomic E-state index is 12.5. The molecule has 0 saturated carbocycles. The Morgan fingerprint density at radius 3 is 2.62 bits per heavy atom. The Morgan fingerprint density at radius 1 is 1.12 bits per heavy atom. The molecule has 0 aliphatic heterocycles. The lowest BCUT2D eigenvalue weighted by atomic mass is 10.1. The Labute approximate surface area is 155 Å². The lowest BCUT2D eigenvalue weighted by Gasteiger charge is -2.10. The van der Waals surface area contributed by atoms with E-state index < -0.39 is 11.5 Å². The normalized spacial score (nSPS) is 10.4. The van der Waals surface area contributed by atoms with Gasteiger partial charge >= 0.3 is 0 Å². The summed E-state index contributed by atoms with van der Waals surface area (Å²) < 4.78 is 1.07. The van der Waals surface area contributed by atoms with Crippen LogP contribution in [-0.2, 0) is 6.61 Å². The first-order valence-electron chi connectivity index (χ1n) is 8.00. The average molecular weight is 369 g/mol. The van der Waals surface area contributed by atoms with Crippen LogP contribution in [0.1, 0.15) is 21.5 Å². The lowest BCUT2D eigenvalue weighted by Crippen LogP contribution is -2.32. The molecule has 6 heteroatoms. The van der Waals surface area contributed by atoms with Crippen molar-refractivity contribution in [1.29, 1.82) is 0 Å². The maximum Gasteiger partial charge on any atom is 0.295 e. The maximum absolute atomic E-state index is 12.5. The van der Waals surface area contributed by atoms with Crippen LogP contribution in [0.2, 0.25) is 5.02 Å². The van der Waals surface area contributed by atoms with Gasteiger partial charge in [0, 0.05) is 16.9 Å². The molecule has 5 nitrogen and oxygen atoms in total. The van der Waals surface area contributed by atoms with Crippen molar-refractivity contribution in [2.75, 3.05) is 5.32 Å². The van der Waals surface area contributed by atoms with Crippen LogP contribution in [0.5, 0.6) is 0 Å². The summed E-state index contributed by atoms with van der Waals surface area (Å²) in [5.41, 5.74) is 2.07. The van der Waals surface area contributed by atoms with Gasteiger partial charge in [0.25, 0.3) is 11.5 Å². The van der Waals surface area contributed by atoms with Gasteiger partial charge < -0.3 is 10.2 Å². The molecule has 1 heterocycles. The van der Waals surface area contributed by atoms with Gasteiger partial charge in [-0.15, -0.1) is 0 Å². The summed E-state index contributed by atoms with van der Waals surface area (Å²) in [6, 6.07) is 17.5. The van der Waals surface area contributed by atoms with Crippen molar-refractivity contribution >= 4 is 23.2 Å². The summed E-state index contributed by atoms with van der Waals surface area (Å²) >= 11 is 5.82. The van der Waals surface area contributed by atoms with Gasteiger partial charge in [0.15, 0.2) is 0 Å². The fourth-order valence-electron chi connectivity index (χ4n) is 2.43. The largest absolute Gasteiger partial charge is 0.406 e. The Hall–Kier alpha value is -3.05. The number of benzene rings is 2. The number of rotatable bonds is 5. The van der Waals surface area contributed by atoms with Crippen LogP contribution in [-0.4, -0.2) is 10.6 Å². The molecule has 0 bridgehead atoms. The molecule has 0 radical (unpaired) electrons. The highest BCUT2D eigenvalue weighted by molar-refractivity contribution is 6.30.